The van der Waals surface area contributed by atoms with E-state index in [4.69, 9.17) is 0 Å². The first kappa shape index (κ1) is 14.6. The standard InChI is InChI=1S/C12H15BrN2O3/c1-3-8-12(2,13)11(16)14-9-4-6-10(7-5-9)15(17)18/h4-7H,3,8H2,1-2H3,(H,14,16). The summed E-state index contributed by atoms with van der Waals surface area (Å²) in [6.45, 7) is 3.80. The van der Waals surface area contributed by atoms with Crippen molar-refractivity contribution in [2.24, 2.45) is 0 Å². The van der Waals surface area contributed by atoms with E-state index in [0.717, 1.165) is 6.42 Å². The number of carbonyl (C=O) groups excluding carboxylic acids is 1. The summed E-state index contributed by atoms with van der Waals surface area (Å²) in [6.07, 6.45) is 1.60. The Morgan fingerprint density at radius 1 is 1.44 bits per heavy atom. The van der Waals surface area contributed by atoms with Crippen LogP contribution in [0.2, 0.25) is 0 Å². The molecule has 5 nitrogen and oxygen atoms in total. The minimum Gasteiger partial charge on any atom is -0.325 e. The number of hydrogen-bond acceptors (Lipinski definition) is 3. The Morgan fingerprint density at radius 2 is 2.00 bits per heavy atom. The highest BCUT2D eigenvalue weighted by Gasteiger charge is 2.28. The number of anilines is 1. The van der Waals surface area contributed by atoms with Crippen LogP contribution in [0.4, 0.5) is 11.4 Å². The van der Waals surface area contributed by atoms with Crippen molar-refractivity contribution >= 4 is 33.2 Å². The minimum absolute atomic E-state index is 0.00293. The zero-order valence-corrected chi connectivity index (χ0v) is 11.9. The Morgan fingerprint density at radius 3 is 2.44 bits per heavy atom. The molecule has 0 saturated carbocycles. The second-order valence-electron chi connectivity index (χ2n) is 4.21. The maximum Gasteiger partial charge on any atom is 0.269 e. The Labute approximate surface area is 114 Å². The average Bonchev–Trinajstić information content (AvgIpc) is 2.29. The van der Waals surface area contributed by atoms with E-state index >= 15 is 0 Å². The van der Waals surface area contributed by atoms with Gasteiger partial charge in [-0.3, -0.25) is 14.9 Å². The largest absolute Gasteiger partial charge is 0.325 e. The molecule has 0 spiro atoms. The van der Waals surface area contributed by atoms with Gasteiger partial charge in [0.2, 0.25) is 5.91 Å². The third-order valence-corrected chi connectivity index (χ3v) is 3.29. The maximum atomic E-state index is 12.0. The van der Waals surface area contributed by atoms with Crippen molar-refractivity contribution in [3.8, 4) is 0 Å². The fraction of sp³-hybridized carbons (Fsp3) is 0.417. The number of nitro benzene ring substituents is 1. The van der Waals surface area contributed by atoms with Crippen LogP contribution in [0.1, 0.15) is 26.7 Å². The third kappa shape index (κ3) is 3.80. The summed E-state index contributed by atoms with van der Waals surface area (Å²) < 4.78 is -0.622. The van der Waals surface area contributed by atoms with E-state index in [2.05, 4.69) is 21.2 Å². The number of carbonyl (C=O) groups is 1. The number of non-ortho nitro benzene ring substituents is 1. The molecule has 0 aliphatic heterocycles. The zero-order chi connectivity index (χ0) is 13.8. The van der Waals surface area contributed by atoms with Crippen LogP contribution < -0.4 is 5.32 Å². The first-order valence-electron chi connectivity index (χ1n) is 5.61. The molecule has 0 radical (unpaired) electrons. The van der Waals surface area contributed by atoms with Crippen molar-refractivity contribution in [1.29, 1.82) is 0 Å². The van der Waals surface area contributed by atoms with E-state index in [-0.39, 0.29) is 11.6 Å². The lowest BCUT2D eigenvalue weighted by molar-refractivity contribution is -0.384. The van der Waals surface area contributed by atoms with Gasteiger partial charge in [-0.2, -0.15) is 0 Å². The zero-order valence-electron chi connectivity index (χ0n) is 10.3. The number of nitro groups is 1. The lowest BCUT2D eigenvalue weighted by Crippen LogP contribution is -2.34. The molecule has 1 rings (SSSR count). The first-order valence-corrected chi connectivity index (χ1v) is 6.41. The number of amides is 1. The molecular formula is C12H15BrN2O3. The molecule has 1 aromatic rings. The molecule has 0 heterocycles. The summed E-state index contributed by atoms with van der Waals surface area (Å²) in [6, 6.07) is 5.76. The molecule has 0 aliphatic rings. The smallest absolute Gasteiger partial charge is 0.269 e. The molecular weight excluding hydrogens is 300 g/mol. The highest BCUT2D eigenvalue weighted by atomic mass is 79.9. The summed E-state index contributed by atoms with van der Waals surface area (Å²) in [7, 11) is 0. The predicted molar refractivity (Wildman–Crippen MR) is 74.0 cm³/mol. The van der Waals surface area contributed by atoms with E-state index < -0.39 is 9.25 Å². The van der Waals surface area contributed by atoms with E-state index in [1.807, 2.05) is 6.92 Å². The van der Waals surface area contributed by atoms with Gasteiger partial charge in [0.1, 0.15) is 4.32 Å². The predicted octanol–water partition coefficient (Wildman–Crippen LogP) is 3.49. The van der Waals surface area contributed by atoms with Crippen molar-refractivity contribution in [2.75, 3.05) is 5.32 Å². The Balaban J connectivity index is 2.73. The van der Waals surface area contributed by atoms with Gasteiger partial charge in [-0.05, 0) is 25.5 Å². The summed E-state index contributed by atoms with van der Waals surface area (Å²) in [5.74, 6) is -0.154. The van der Waals surface area contributed by atoms with Crippen molar-refractivity contribution < 1.29 is 9.72 Å². The molecule has 0 fully saturated rings. The summed E-state index contributed by atoms with van der Waals surface area (Å²) in [5.41, 5.74) is 0.551. The number of alkyl halides is 1. The van der Waals surface area contributed by atoms with Crippen LogP contribution in [0.5, 0.6) is 0 Å². The number of benzene rings is 1. The Kier molecular flexibility index (Phi) is 4.84. The highest BCUT2D eigenvalue weighted by Crippen LogP contribution is 2.26. The fourth-order valence-corrected chi connectivity index (χ4v) is 2.01. The number of hydrogen-bond donors (Lipinski definition) is 1. The van der Waals surface area contributed by atoms with Gasteiger partial charge in [-0.1, -0.05) is 29.3 Å². The lowest BCUT2D eigenvalue weighted by Gasteiger charge is -2.20. The van der Waals surface area contributed by atoms with Crippen molar-refractivity contribution in [2.45, 2.75) is 31.0 Å². The first-order chi connectivity index (χ1) is 8.36. The molecule has 98 valence electrons. The summed E-state index contributed by atoms with van der Waals surface area (Å²) in [4.78, 5) is 22.0. The third-order valence-electron chi connectivity index (χ3n) is 2.53. The molecule has 18 heavy (non-hydrogen) atoms. The summed E-state index contributed by atoms with van der Waals surface area (Å²) in [5, 5.41) is 13.2. The molecule has 1 atom stereocenters. The Hall–Kier alpha value is -1.43. The van der Waals surface area contributed by atoms with Gasteiger partial charge >= 0.3 is 0 Å². The van der Waals surface area contributed by atoms with Crippen molar-refractivity contribution in [3.05, 3.63) is 34.4 Å². The quantitative estimate of drug-likeness (QED) is 0.513. The Bertz CT molecular complexity index is 443. The van der Waals surface area contributed by atoms with Gasteiger partial charge < -0.3 is 5.32 Å². The van der Waals surface area contributed by atoms with Gasteiger partial charge in [0, 0.05) is 17.8 Å². The minimum atomic E-state index is -0.622. The number of rotatable bonds is 5. The van der Waals surface area contributed by atoms with Gasteiger partial charge in [-0.15, -0.1) is 0 Å². The SMILES string of the molecule is CCCC(C)(Br)C(=O)Nc1ccc([N+](=O)[O-])cc1. The van der Waals surface area contributed by atoms with Crippen molar-refractivity contribution in [1.82, 2.24) is 0 Å². The van der Waals surface area contributed by atoms with Crippen LogP contribution in [-0.2, 0) is 4.79 Å². The van der Waals surface area contributed by atoms with Crippen LogP contribution in [0.15, 0.2) is 24.3 Å². The van der Waals surface area contributed by atoms with Crippen LogP contribution in [0.25, 0.3) is 0 Å². The topological polar surface area (TPSA) is 72.2 Å². The second kappa shape index (κ2) is 5.95. The molecule has 0 aromatic heterocycles. The normalized spacial score (nSPS) is 13.7. The van der Waals surface area contributed by atoms with Gasteiger partial charge in [-0.25, -0.2) is 0 Å². The van der Waals surface area contributed by atoms with Crippen LogP contribution >= 0.6 is 15.9 Å². The van der Waals surface area contributed by atoms with E-state index in [9.17, 15) is 14.9 Å². The maximum absolute atomic E-state index is 12.0. The molecule has 0 saturated heterocycles. The van der Waals surface area contributed by atoms with Gasteiger partial charge in [0.15, 0.2) is 0 Å². The van der Waals surface area contributed by atoms with E-state index in [0.29, 0.717) is 12.1 Å². The number of nitrogens with one attached hydrogen (secondary N) is 1. The molecule has 0 aliphatic carbocycles. The fourth-order valence-electron chi connectivity index (χ4n) is 1.51. The number of halogens is 1. The lowest BCUT2D eigenvalue weighted by atomic mass is 10.1. The molecule has 6 heteroatoms. The molecule has 0 bridgehead atoms. The monoisotopic (exact) mass is 314 g/mol. The van der Waals surface area contributed by atoms with Crippen LogP contribution in [-0.4, -0.2) is 15.2 Å². The molecule has 1 N–H and O–H groups in total. The van der Waals surface area contributed by atoms with E-state index in [1.54, 1.807) is 6.92 Å². The molecule has 1 unspecified atom stereocenters. The molecule has 1 amide bonds. The van der Waals surface area contributed by atoms with Crippen LogP contribution in [0, 0.1) is 10.1 Å². The summed E-state index contributed by atoms with van der Waals surface area (Å²) >= 11 is 3.38. The van der Waals surface area contributed by atoms with Gasteiger partial charge in [0.05, 0.1) is 4.92 Å². The van der Waals surface area contributed by atoms with Gasteiger partial charge in [0.25, 0.3) is 5.69 Å². The van der Waals surface area contributed by atoms with Crippen LogP contribution in [0.3, 0.4) is 0 Å². The number of nitrogens with zero attached hydrogens (tertiary/aromatic N) is 1. The second-order valence-corrected chi connectivity index (χ2v) is 5.96. The highest BCUT2D eigenvalue weighted by molar-refractivity contribution is 9.10. The van der Waals surface area contributed by atoms with E-state index in [1.165, 1.54) is 24.3 Å². The molecule has 1 aromatic carbocycles. The van der Waals surface area contributed by atoms with Crippen molar-refractivity contribution in [3.63, 3.8) is 0 Å². The average molecular weight is 315 g/mol.